The fourth-order valence-electron chi connectivity index (χ4n) is 4.42. The number of nitrogen functional groups attached to an aromatic ring is 1. The highest BCUT2D eigenvalue weighted by molar-refractivity contribution is 5.94. The summed E-state index contributed by atoms with van der Waals surface area (Å²) < 4.78 is 13.8. The lowest BCUT2D eigenvalue weighted by Gasteiger charge is -2.38. The van der Waals surface area contributed by atoms with Crippen molar-refractivity contribution < 1.29 is 9.18 Å². The molecule has 8 nitrogen and oxygen atoms in total. The highest BCUT2D eigenvalue weighted by atomic mass is 19.1. The number of piperidine rings is 1. The molecule has 1 amide bonds. The summed E-state index contributed by atoms with van der Waals surface area (Å²) in [7, 11) is 0. The molecule has 3 heterocycles. The molecule has 2 N–H and O–H groups in total. The van der Waals surface area contributed by atoms with Crippen molar-refractivity contribution >= 4 is 17.5 Å². The molecule has 2 fully saturated rings. The molecule has 2 aliphatic rings. The van der Waals surface area contributed by atoms with Gasteiger partial charge in [-0.15, -0.1) is 0 Å². The van der Waals surface area contributed by atoms with Gasteiger partial charge in [0.2, 0.25) is 5.95 Å². The number of carbonyl (C=O) groups excluding carboxylic acids is 1. The topological polar surface area (TPSA) is 101 Å². The summed E-state index contributed by atoms with van der Waals surface area (Å²) in [6, 6.07) is 4.89. The van der Waals surface area contributed by atoms with E-state index >= 15 is 0 Å². The molecule has 5 rings (SSSR count). The van der Waals surface area contributed by atoms with Gasteiger partial charge in [0, 0.05) is 55.5 Å². The Morgan fingerprint density at radius 1 is 1.03 bits per heavy atom. The van der Waals surface area contributed by atoms with Crippen LogP contribution >= 0.6 is 0 Å². The quantitative estimate of drug-likeness (QED) is 0.561. The number of amides is 1. The van der Waals surface area contributed by atoms with Crippen molar-refractivity contribution in [3.63, 3.8) is 0 Å². The van der Waals surface area contributed by atoms with Crippen LogP contribution in [0.25, 0.3) is 11.4 Å². The molecular weight excluding hydrogens is 433 g/mol. The normalized spacial score (nSPS) is 16.5. The Morgan fingerprint density at radius 2 is 1.68 bits per heavy atom. The first-order valence-electron chi connectivity index (χ1n) is 11.8. The van der Waals surface area contributed by atoms with Crippen molar-refractivity contribution in [1.29, 1.82) is 0 Å². The zero-order valence-electron chi connectivity index (χ0n) is 19.2. The van der Waals surface area contributed by atoms with Gasteiger partial charge >= 0.3 is 0 Å². The zero-order chi connectivity index (χ0) is 23.7. The van der Waals surface area contributed by atoms with Gasteiger partial charge in [0.1, 0.15) is 5.82 Å². The number of benzene rings is 1. The number of carbonyl (C=O) groups is 1. The van der Waals surface area contributed by atoms with E-state index in [2.05, 4.69) is 31.8 Å². The van der Waals surface area contributed by atoms with E-state index in [4.69, 9.17) is 5.73 Å². The number of anilines is 2. The first kappa shape index (κ1) is 22.2. The molecule has 3 aromatic rings. The predicted octanol–water partition coefficient (Wildman–Crippen LogP) is 3.49. The predicted molar refractivity (Wildman–Crippen MR) is 128 cm³/mol. The Morgan fingerprint density at radius 3 is 2.26 bits per heavy atom. The lowest BCUT2D eigenvalue weighted by Crippen LogP contribution is -2.48. The van der Waals surface area contributed by atoms with Crippen molar-refractivity contribution in [2.75, 3.05) is 23.7 Å². The lowest BCUT2D eigenvalue weighted by atomic mass is 10.0. The van der Waals surface area contributed by atoms with E-state index < -0.39 is 5.82 Å². The van der Waals surface area contributed by atoms with Crippen LogP contribution in [-0.4, -0.2) is 55.9 Å². The van der Waals surface area contributed by atoms with E-state index in [0.717, 1.165) is 56.7 Å². The largest absolute Gasteiger partial charge is 0.396 e. The third-order valence-corrected chi connectivity index (χ3v) is 6.57. The Bertz CT molecular complexity index is 1160. The zero-order valence-corrected chi connectivity index (χ0v) is 19.2. The highest BCUT2D eigenvalue weighted by Crippen LogP contribution is 2.33. The molecule has 9 heteroatoms. The number of aryl methyl sites for hydroxylation is 1. The molecule has 34 heavy (non-hydrogen) atoms. The number of halogens is 1. The third kappa shape index (κ3) is 4.55. The number of aromatic nitrogens is 4. The van der Waals surface area contributed by atoms with Crippen LogP contribution in [0.5, 0.6) is 0 Å². The standard InChI is InChI=1S/C25H28FN7O/c1-2-16-12-30-25(31-13-16)32-9-7-20(8-10-32)33(19-4-5-19)24(34)18-14-28-23(29-15-18)17-3-6-22(27)21(26)11-17/h3,6,11-15,19-20H,2,4-5,7-10,27H2,1H3. The molecule has 0 radical (unpaired) electrons. The molecular formula is C25H28FN7O. The Hall–Kier alpha value is -3.62. The van der Waals surface area contributed by atoms with Crippen molar-refractivity contribution in [2.45, 2.75) is 51.1 Å². The van der Waals surface area contributed by atoms with Crippen LogP contribution in [0.15, 0.2) is 43.0 Å². The fourth-order valence-corrected chi connectivity index (χ4v) is 4.42. The molecule has 1 saturated carbocycles. The minimum atomic E-state index is -0.515. The molecule has 0 bridgehead atoms. The SMILES string of the molecule is CCc1cnc(N2CCC(N(C(=O)c3cnc(-c4ccc(N)c(F)c4)nc3)C3CC3)CC2)nc1. The van der Waals surface area contributed by atoms with Crippen molar-refractivity contribution in [3.05, 3.63) is 59.9 Å². The first-order chi connectivity index (χ1) is 16.5. The molecule has 0 atom stereocenters. The number of nitrogens with two attached hydrogens (primary N) is 1. The minimum absolute atomic E-state index is 0.0421. The lowest BCUT2D eigenvalue weighted by molar-refractivity contribution is 0.0629. The van der Waals surface area contributed by atoms with Crippen molar-refractivity contribution in [2.24, 2.45) is 0 Å². The smallest absolute Gasteiger partial charge is 0.257 e. The Labute approximate surface area is 198 Å². The summed E-state index contributed by atoms with van der Waals surface area (Å²) in [6.07, 6.45) is 11.5. The molecule has 0 unspecified atom stereocenters. The van der Waals surface area contributed by atoms with Gasteiger partial charge in [0.05, 0.1) is 11.3 Å². The second kappa shape index (κ2) is 9.32. The maximum atomic E-state index is 13.8. The molecule has 1 aliphatic carbocycles. The molecule has 1 aliphatic heterocycles. The summed E-state index contributed by atoms with van der Waals surface area (Å²) in [5, 5.41) is 0. The van der Waals surface area contributed by atoms with E-state index in [1.54, 1.807) is 6.07 Å². The molecule has 176 valence electrons. The number of nitrogens with zero attached hydrogens (tertiary/aromatic N) is 6. The molecule has 0 spiro atoms. The maximum Gasteiger partial charge on any atom is 0.257 e. The summed E-state index contributed by atoms with van der Waals surface area (Å²) in [5.74, 6) is 0.553. The molecule has 1 aromatic carbocycles. The van der Waals surface area contributed by atoms with Crippen molar-refractivity contribution in [1.82, 2.24) is 24.8 Å². The molecule has 2 aromatic heterocycles. The van der Waals surface area contributed by atoms with E-state index in [1.165, 1.54) is 24.5 Å². The second-order valence-electron chi connectivity index (χ2n) is 8.94. The van der Waals surface area contributed by atoms with Gasteiger partial charge in [0.25, 0.3) is 5.91 Å². The van der Waals surface area contributed by atoms with E-state index in [0.29, 0.717) is 17.0 Å². The third-order valence-electron chi connectivity index (χ3n) is 6.57. The van der Waals surface area contributed by atoms with Gasteiger partial charge in [-0.1, -0.05) is 6.92 Å². The van der Waals surface area contributed by atoms with Gasteiger partial charge in [-0.3, -0.25) is 4.79 Å². The van der Waals surface area contributed by atoms with E-state index in [-0.39, 0.29) is 23.7 Å². The van der Waals surface area contributed by atoms with Crippen LogP contribution in [0.4, 0.5) is 16.0 Å². The maximum absolute atomic E-state index is 13.8. The molecule has 1 saturated heterocycles. The van der Waals surface area contributed by atoms with Gasteiger partial charge in [-0.2, -0.15) is 0 Å². The fraction of sp³-hybridized carbons (Fsp3) is 0.400. The van der Waals surface area contributed by atoms with Crippen LogP contribution in [0, 0.1) is 5.82 Å². The van der Waals surface area contributed by atoms with Gasteiger partial charge < -0.3 is 15.5 Å². The summed E-state index contributed by atoms with van der Waals surface area (Å²) >= 11 is 0. The van der Waals surface area contributed by atoms with Crippen LogP contribution in [0.2, 0.25) is 0 Å². The number of hydrogen-bond donors (Lipinski definition) is 1. The van der Waals surface area contributed by atoms with Crippen LogP contribution < -0.4 is 10.6 Å². The number of hydrogen-bond acceptors (Lipinski definition) is 7. The summed E-state index contributed by atoms with van der Waals surface area (Å²) in [5.41, 5.74) is 7.72. The van der Waals surface area contributed by atoms with Gasteiger partial charge in [-0.25, -0.2) is 24.3 Å². The van der Waals surface area contributed by atoms with Crippen LogP contribution in [-0.2, 0) is 6.42 Å². The Kier molecular flexibility index (Phi) is 6.08. The second-order valence-corrected chi connectivity index (χ2v) is 8.94. The van der Waals surface area contributed by atoms with Crippen LogP contribution in [0.1, 0.15) is 48.5 Å². The summed E-state index contributed by atoms with van der Waals surface area (Å²) in [4.78, 5) is 35.3. The Balaban J connectivity index is 1.27. The van der Waals surface area contributed by atoms with Gasteiger partial charge in [-0.05, 0) is 55.9 Å². The highest BCUT2D eigenvalue weighted by Gasteiger charge is 2.39. The van der Waals surface area contributed by atoms with E-state index in [1.807, 2.05) is 17.3 Å². The minimum Gasteiger partial charge on any atom is -0.396 e. The number of rotatable bonds is 6. The average Bonchev–Trinajstić information content (AvgIpc) is 3.71. The summed E-state index contributed by atoms with van der Waals surface area (Å²) in [6.45, 7) is 3.71. The monoisotopic (exact) mass is 461 g/mol. The van der Waals surface area contributed by atoms with Crippen molar-refractivity contribution in [3.8, 4) is 11.4 Å². The van der Waals surface area contributed by atoms with Crippen LogP contribution in [0.3, 0.4) is 0 Å². The van der Waals surface area contributed by atoms with E-state index in [9.17, 15) is 9.18 Å². The average molecular weight is 462 g/mol. The first-order valence-corrected chi connectivity index (χ1v) is 11.8. The van der Waals surface area contributed by atoms with Gasteiger partial charge in [0.15, 0.2) is 5.82 Å².